The molecule has 0 unspecified atom stereocenters. The molecule has 26 heavy (non-hydrogen) atoms. The van der Waals surface area contributed by atoms with Gasteiger partial charge in [0.25, 0.3) is 0 Å². The number of carbonyl (C=O) groups is 1. The van der Waals surface area contributed by atoms with Crippen molar-refractivity contribution in [1.29, 1.82) is 5.26 Å². The number of rotatable bonds is 6. The van der Waals surface area contributed by atoms with Crippen LogP contribution < -0.4 is 10.6 Å². The molecule has 1 aromatic carbocycles. The maximum absolute atomic E-state index is 12.4. The van der Waals surface area contributed by atoms with Crippen molar-refractivity contribution in [3.63, 3.8) is 0 Å². The van der Waals surface area contributed by atoms with E-state index in [4.69, 9.17) is 5.26 Å². The van der Waals surface area contributed by atoms with Crippen LogP contribution in [-0.2, 0) is 4.79 Å². The summed E-state index contributed by atoms with van der Waals surface area (Å²) in [7, 11) is 0. The number of nitrogens with zero attached hydrogens (tertiary/aromatic N) is 4. The molecule has 1 aromatic heterocycles. The summed E-state index contributed by atoms with van der Waals surface area (Å²) < 4.78 is 0. The van der Waals surface area contributed by atoms with Crippen molar-refractivity contribution in [1.82, 2.24) is 20.4 Å². The van der Waals surface area contributed by atoms with Gasteiger partial charge in [-0.1, -0.05) is 24.3 Å². The first-order chi connectivity index (χ1) is 12.5. The largest absolute Gasteiger partial charge is 0.366 e. The number of hydrogen-bond acceptors (Lipinski definition) is 6. The molecular weight excluding hydrogens is 328 g/mol. The maximum atomic E-state index is 12.4. The number of hydrogen-bond donors (Lipinski definition) is 2. The smallest absolute Gasteiger partial charge is 0.237 e. The number of likely N-dealkylation sites (tertiary alicyclic amines) is 1. The zero-order valence-electron chi connectivity index (χ0n) is 15.2. The highest BCUT2D eigenvalue weighted by Crippen LogP contribution is 2.20. The standard InChI is InChI=1S/C19H24N6O/c1-19(2,22-12-17(26)25-9-5-7-15(25)10-20)13-21-18-16-8-4-3-6-14(16)11-23-24-18/h3-4,6,8,11,15,22H,5,7,9,12-13H2,1-2H3,(H,21,24)/t15-/m0/s1. The Kier molecular flexibility index (Phi) is 5.33. The molecule has 1 fully saturated rings. The average Bonchev–Trinajstić information content (AvgIpc) is 3.13. The predicted octanol–water partition coefficient (Wildman–Crippen LogP) is 1.92. The zero-order valence-corrected chi connectivity index (χ0v) is 15.2. The lowest BCUT2D eigenvalue weighted by atomic mass is 10.1. The molecule has 0 saturated carbocycles. The van der Waals surface area contributed by atoms with Crippen LogP contribution in [0.4, 0.5) is 5.82 Å². The molecule has 7 heteroatoms. The topological polar surface area (TPSA) is 93.9 Å². The molecule has 7 nitrogen and oxygen atoms in total. The molecule has 0 aliphatic carbocycles. The van der Waals surface area contributed by atoms with Crippen LogP contribution >= 0.6 is 0 Å². The zero-order chi connectivity index (χ0) is 18.6. The maximum Gasteiger partial charge on any atom is 0.237 e. The summed E-state index contributed by atoms with van der Waals surface area (Å²) in [6.07, 6.45) is 3.41. The van der Waals surface area contributed by atoms with Gasteiger partial charge < -0.3 is 15.5 Å². The third kappa shape index (κ3) is 4.09. The van der Waals surface area contributed by atoms with Crippen molar-refractivity contribution in [3.8, 4) is 6.07 Å². The molecule has 0 spiro atoms. The third-order valence-electron chi connectivity index (χ3n) is 4.71. The van der Waals surface area contributed by atoms with Gasteiger partial charge >= 0.3 is 0 Å². The minimum absolute atomic E-state index is 0.0212. The highest BCUT2D eigenvalue weighted by atomic mass is 16.2. The fraction of sp³-hybridized carbons (Fsp3) is 0.474. The third-order valence-corrected chi connectivity index (χ3v) is 4.71. The van der Waals surface area contributed by atoms with Crippen molar-refractivity contribution in [3.05, 3.63) is 30.5 Å². The van der Waals surface area contributed by atoms with Crippen LogP contribution in [-0.4, -0.2) is 52.2 Å². The second-order valence-electron chi connectivity index (χ2n) is 7.25. The Hall–Kier alpha value is -2.72. The van der Waals surface area contributed by atoms with Gasteiger partial charge in [0.1, 0.15) is 6.04 Å². The molecule has 1 aliphatic rings. The van der Waals surface area contributed by atoms with E-state index < -0.39 is 0 Å². The van der Waals surface area contributed by atoms with Crippen molar-refractivity contribution < 1.29 is 4.79 Å². The summed E-state index contributed by atoms with van der Waals surface area (Å²) in [5, 5.41) is 26.0. The van der Waals surface area contributed by atoms with E-state index in [1.807, 2.05) is 38.1 Å². The highest BCUT2D eigenvalue weighted by Gasteiger charge is 2.29. The Labute approximate surface area is 153 Å². The Morgan fingerprint density at radius 2 is 2.23 bits per heavy atom. The molecule has 2 aromatic rings. The van der Waals surface area contributed by atoms with Gasteiger partial charge in [0, 0.05) is 29.4 Å². The van der Waals surface area contributed by atoms with Crippen molar-refractivity contribution in [2.45, 2.75) is 38.3 Å². The van der Waals surface area contributed by atoms with Crippen molar-refractivity contribution >= 4 is 22.5 Å². The molecular formula is C19H24N6O. The molecule has 0 bridgehead atoms. The minimum atomic E-state index is -0.323. The molecule has 0 radical (unpaired) electrons. The first-order valence-electron chi connectivity index (χ1n) is 8.88. The Morgan fingerprint density at radius 1 is 1.42 bits per heavy atom. The van der Waals surface area contributed by atoms with Crippen LogP contribution in [0, 0.1) is 11.3 Å². The van der Waals surface area contributed by atoms with Crippen LogP contribution in [0.5, 0.6) is 0 Å². The normalized spacial score (nSPS) is 17.3. The molecule has 1 atom stereocenters. The molecule has 3 rings (SSSR count). The van der Waals surface area contributed by atoms with E-state index in [0.717, 1.165) is 29.4 Å². The number of fused-ring (bicyclic) bond motifs is 1. The lowest BCUT2D eigenvalue weighted by molar-refractivity contribution is -0.130. The minimum Gasteiger partial charge on any atom is -0.366 e. The first-order valence-corrected chi connectivity index (χ1v) is 8.88. The van der Waals surface area contributed by atoms with Crippen LogP contribution in [0.2, 0.25) is 0 Å². The van der Waals surface area contributed by atoms with E-state index in [9.17, 15) is 4.79 Å². The summed E-state index contributed by atoms with van der Waals surface area (Å²) in [6.45, 7) is 5.52. The van der Waals surface area contributed by atoms with E-state index >= 15 is 0 Å². The fourth-order valence-electron chi connectivity index (χ4n) is 3.14. The van der Waals surface area contributed by atoms with E-state index in [-0.39, 0.29) is 24.0 Å². The molecule has 2 heterocycles. The van der Waals surface area contributed by atoms with Crippen LogP contribution in [0.1, 0.15) is 26.7 Å². The van der Waals surface area contributed by atoms with E-state index in [1.165, 1.54) is 0 Å². The Bertz CT molecular complexity index is 823. The number of nitrogens with one attached hydrogen (secondary N) is 2. The Balaban J connectivity index is 1.57. The van der Waals surface area contributed by atoms with Gasteiger partial charge in [-0.2, -0.15) is 10.4 Å². The van der Waals surface area contributed by atoms with Gasteiger partial charge in [0.2, 0.25) is 5.91 Å². The molecule has 1 saturated heterocycles. The van der Waals surface area contributed by atoms with Gasteiger partial charge in [0.05, 0.1) is 18.8 Å². The van der Waals surface area contributed by atoms with E-state index in [0.29, 0.717) is 13.1 Å². The van der Waals surface area contributed by atoms with Gasteiger partial charge in [-0.25, -0.2) is 0 Å². The monoisotopic (exact) mass is 352 g/mol. The summed E-state index contributed by atoms with van der Waals surface area (Å²) in [5.74, 6) is 0.709. The highest BCUT2D eigenvalue weighted by molar-refractivity contribution is 5.90. The van der Waals surface area contributed by atoms with Crippen LogP contribution in [0.25, 0.3) is 10.8 Å². The number of aromatic nitrogens is 2. The van der Waals surface area contributed by atoms with Gasteiger partial charge in [-0.15, -0.1) is 5.10 Å². The molecule has 1 amide bonds. The number of benzene rings is 1. The second-order valence-corrected chi connectivity index (χ2v) is 7.25. The summed E-state index contributed by atoms with van der Waals surface area (Å²) in [4.78, 5) is 14.1. The Morgan fingerprint density at radius 3 is 3.04 bits per heavy atom. The lowest BCUT2D eigenvalue weighted by Gasteiger charge is -2.28. The van der Waals surface area contributed by atoms with Crippen LogP contribution in [0.15, 0.2) is 30.5 Å². The summed E-state index contributed by atoms with van der Waals surface area (Å²) in [5.41, 5.74) is -0.323. The summed E-state index contributed by atoms with van der Waals surface area (Å²) in [6, 6.07) is 9.87. The number of carbonyl (C=O) groups excluding carboxylic acids is 1. The van der Waals surface area contributed by atoms with E-state index in [1.54, 1.807) is 11.1 Å². The second kappa shape index (κ2) is 7.67. The van der Waals surface area contributed by atoms with Crippen molar-refractivity contribution in [2.24, 2.45) is 0 Å². The van der Waals surface area contributed by atoms with Gasteiger partial charge in [0.15, 0.2) is 5.82 Å². The fourth-order valence-corrected chi connectivity index (χ4v) is 3.14. The van der Waals surface area contributed by atoms with Gasteiger partial charge in [-0.3, -0.25) is 4.79 Å². The number of anilines is 1. The molecule has 2 N–H and O–H groups in total. The van der Waals surface area contributed by atoms with Crippen LogP contribution in [0.3, 0.4) is 0 Å². The number of nitriles is 1. The predicted molar refractivity (Wildman–Crippen MR) is 100 cm³/mol. The average molecular weight is 352 g/mol. The molecule has 1 aliphatic heterocycles. The SMILES string of the molecule is CC(C)(CNc1nncc2ccccc12)NCC(=O)N1CCC[C@H]1C#N. The quantitative estimate of drug-likeness (QED) is 0.825. The molecule has 136 valence electrons. The first kappa shape index (κ1) is 18.1. The van der Waals surface area contributed by atoms with E-state index in [2.05, 4.69) is 26.9 Å². The number of amides is 1. The summed E-state index contributed by atoms with van der Waals surface area (Å²) >= 11 is 0. The van der Waals surface area contributed by atoms with Crippen molar-refractivity contribution in [2.75, 3.05) is 25.0 Å². The van der Waals surface area contributed by atoms with Gasteiger partial charge in [-0.05, 0) is 26.7 Å². The lowest BCUT2D eigenvalue weighted by Crippen LogP contribution is -2.50.